The van der Waals surface area contributed by atoms with Crippen molar-refractivity contribution in [2.45, 2.75) is 0 Å². The molecule has 0 saturated carbocycles. The molecule has 38 heavy (non-hydrogen) atoms. The zero-order valence-electron chi connectivity index (χ0n) is 20.5. The van der Waals surface area contributed by atoms with E-state index in [4.69, 9.17) is 15.2 Å². The molecule has 0 amide bonds. The van der Waals surface area contributed by atoms with E-state index in [0.29, 0.717) is 43.6 Å². The van der Waals surface area contributed by atoms with Gasteiger partial charge in [-0.15, -0.1) is 5.10 Å². The number of rotatable bonds is 8. The quantitative estimate of drug-likeness (QED) is 0.333. The average molecular weight is 527 g/mol. The molecule has 3 aromatic heterocycles. The van der Waals surface area contributed by atoms with Gasteiger partial charge in [0.05, 0.1) is 13.2 Å². The van der Waals surface area contributed by atoms with Crippen LogP contribution in [-0.2, 0) is 11.8 Å². The van der Waals surface area contributed by atoms with E-state index in [2.05, 4.69) is 30.3 Å². The highest BCUT2D eigenvalue weighted by Gasteiger charge is 2.17. The molecular formula is C25H25F3N8O2. The van der Waals surface area contributed by atoms with Gasteiger partial charge in [0.1, 0.15) is 12.4 Å². The fourth-order valence-corrected chi connectivity index (χ4v) is 3.98. The zero-order chi connectivity index (χ0) is 26.6. The summed E-state index contributed by atoms with van der Waals surface area (Å²) in [6.07, 6.45) is 2.62. The summed E-state index contributed by atoms with van der Waals surface area (Å²) < 4.78 is 55.8. The lowest BCUT2D eigenvalue weighted by Gasteiger charge is -2.26. The Hall–Kier alpha value is -4.23. The summed E-state index contributed by atoms with van der Waals surface area (Å²) in [4.78, 5) is 14.0. The van der Waals surface area contributed by atoms with Crippen molar-refractivity contribution in [3.63, 3.8) is 0 Å². The normalized spacial score (nSPS) is 14.0. The van der Waals surface area contributed by atoms with Crippen molar-refractivity contribution in [3.05, 3.63) is 60.3 Å². The second-order valence-electron chi connectivity index (χ2n) is 8.58. The Kier molecular flexibility index (Phi) is 7.38. The Morgan fingerprint density at radius 1 is 1.08 bits per heavy atom. The SMILES string of the molecule is Cn1nc(-c2cnc(F)c(OCCN3CCOCC3)c2)nc1Nc1ccc(-c2ccnc(N)c2F)c(F)c1. The third kappa shape index (κ3) is 5.53. The highest BCUT2D eigenvalue weighted by Crippen LogP contribution is 2.30. The van der Waals surface area contributed by atoms with E-state index < -0.39 is 17.6 Å². The molecule has 0 unspecified atom stereocenters. The highest BCUT2D eigenvalue weighted by atomic mass is 19.1. The Bertz CT molecular complexity index is 1440. The van der Waals surface area contributed by atoms with Crippen molar-refractivity contribution in [2.75, 3.05) is 50.5 Å². The maximum absolute atomic E-state index is 14.8. The number of benzene rings is 1. The fourth-order valence-electron chi connectivity index (χ4n) is 3.98. The zero-order valence-corrected chi connectivity index (χ0v) is 20.5. The lowest BCUT2D eigenvalue weighted by atomic mass is 10.1. The van der Waals surface area contributed by atoms with Crippen molar-refractivity contribution >= 4 is 17.5 Å². The first kappa shape index (κ1) is 25.4. The molecule has 10 nitrogen and oxygen atoms in total. The maximum atomic E-state index is 14.8. The van der Waals surface area contributed by atoms with E-state index in [9.17, 15) is 13.2 Å². The molecule has 0 bridgehead atoms. The number of aromatic nitrogens is 5. The first-order chi connectivity index (χ1) is 18.4. The molecule has 1 aromatic carbocycles. The van der Waals surface area contributed by atoms with Gasteiger partial charge in [-0.25, -0.2) is 23.4 Å². The minimum atomic E-state index is -0.789. The summed E-state index contributed by atoms with van der Waals surface area (Å²) in [5.74, 6) is -1.92. The lowest BCUT2D eigenvalue weighted by Crippen LogP contribution is -2.38. The van der Waals surface area contributed by atoms with Gasteiger partial charge in [0.15, 0.2) is 23.2 Å². The number of nitrogens with two attached hydrogens (primary N) is 1. The maximum Gasteiger partial charge on any atom is 0.255 e. The summed E-state index contributed by atoms with van der Waals surface area (Å²) in [5, 5.41) is 7.33. The molecule has 0 atom stereocenters. The van der Waals surface area contributed by atoms with Gasteiger partial charge in [0, 0.05) is 61.5 Å². The number of hydrogen-bond acceptors (Lipinski definition) is 9. The average Bonchev–Trinajstić information content (AvgIpc) is 3.27. The number of hydrogen-bond donors (Lipinski definition) is 2. The van der Waals surface area contributed by atoms with E-state index >= 15 is 0 Å². The summed E-state index contributed by atoms with van der Waals surface area (Å²) in [5.41, 5.74) is 6.36. The number of nitrogen functional groups attached to an aromatic ring is 1. The molecule has 3 N–H and O–H groups in total. The number of halogens is 3. The van der Waals surface area contributed by atoms with Crippen LogP contribution in [0, 0.1) is 17.6 Å². The Morgan fingerprint density at radius 3 is 2.68 bits per heavy atom. The first-order valence-electron chi connectivity index (χ1n) is 11.9. The molecule has 0 aliphatic carbocycles. The summed E-state index contributed by atoms with van der Waals surface area (Å²) >= 11 is 0. The Balaban J connectivity index is 1.30. The number of pyridine rings is 2. The van der Waals surface area contributed by atoms with Crippen molar-refractivity contribution in [1.29, 1.82) is 0 Å². The molecule has 0 radical (unpaired) electrons. The van der Waals surface area contributed by atoms with Crippen LogP contribution in [-0.4, -0.2) is 69.1 Å². The molecule has 1 saturated heterocycles. The predicted octanol–water partition coefficient (Wildman–Crippen LogP) is 3.39. The molecule has 4 aromatic rings. The number of aryl methyl sites for hydroxylation is 1. The van der Waals surface area contributed by atoms with Crippen LogP contribution in [0.3, 0.4) is 0 Å². The topological polar surface area (TPSA) is 116 Å². The van der Waals surface area contributed by atoms with E-state index in [-0.39, 0.29) is 28.5 Å². The first-order valence-corrected chi connectivity index (χ1v) is 11.9. The summed E-state index contributed by atoms with van der Waals surface area (Å²) in [6.45, 7) is 3.88. The minimum absolute atomic E-state index is 0.000590. The van der Waals surface area contributed by atoms with Crippen molar-refractivity contribution in [3.8, 4) is 28.3 Å². The number of nitrogens with one attached hydrogen (secondary N) is 1. The molecule has 1 aliphatic rings. The van der Waals surface area contributed by atoms with Gasteiger partial charge in [-0.2, -0.15) is 9.37 Å². The minimum Gasteiger partial charge on any atom is -0.487 e. The Labute approximate surface area is 216 Å². The number of morpholine rings is 1. The second kappa shape index (κ2) is 11.0. The fraction of sp³-hybridized carbons (Fsp3) is 0.280. The van der Waals surface area contributed by atoms with Gasteiger partial charge in [-0.3, -0.25) is 4.90 Å². The molecule has 13 heteroatoms. The van der Waals surface area contributed by atoms with E-state index in [1.165, 1.54) is 41.3 Å². The van der Waals surface area contributed by atoms with Gasteiger partial charge in [0.2, 0.25) is 5.95 Å². The Morgan fingerprint density at radius 2 is 1.89 bits per heavy atom. The van der Waals surface area contributed by atoms with Crippen LogP contribution >= 0.6 is 0 Å². The molecule has 0 spiro atoms. The number of nitrogens with zero attached hydrogens (tertiary/aromatic N) is 6. The van der Waals surface area contributed by atoms with Gasteiger partial charge in [-0.05, 0) is 30.3 Å². The third-order valence-corrected chi connectivity index (χ3v) is 6.03. The third-order valence-electron chi connectivity index (χ3n) is 6.03. The molecule has 1 aliphatic heterocycles. The van der Waals surface area contributed by atoms with E-state index in [1.54, 1.807) is 13.1 Å². The molecule has 1 fully saturated rings. The van der Waals surface area contributed by atoms with Gasteiger partial charge >= 0.3 is 0 Å². The molecular weight excluding hydrogens is 501 g/mol. The van der Waals surface area contributed by atoms with Gasteiger partial charge in [0.25, 0.3) is 5.95 Å². The van der Waals surface area contributed by atoms with Gasteiger partial charge in [-0.1, -0.05) is 0 Å². The van der Waals surface area contributed by atoms with Crippen molar-refractivity contribution in [2.24, 2.45) is 7.05 Å². The number of ether oxygens (including phenoxy) is 2. The predicted molar refractivity (Wildman–Crippen MR) is 134 cm³/mol. The van der Waals surface area contributed by atoms with E-state index in [1.807, 2.05) is 0 Å². The van der Waals surface area contributed by atoms with Gasteiger partial charge < -0.3 is 20.5 Å². The van der Waals surface area contributed by atoms with Crippen LogP contribution in [0.5, 0.6) is 5.75 Å². The van der Waals surface area contributed by atoms with Crippen LogP contribution in [0.1, 0.15) is 0 Å². The molecule has 198 valence electrons. The standard InChI is InChI=1S/C25H25F3N8O2/c1-35-25(32-16-2-3-17(19(26)13-16)18-4-5-30-23(29)21(18)27)33-24(34-35)15-12-20(22(28)31-14-15)38-11-8-36-6-9-37-10-7-36/h2-5,12-14H,6-11H2,1H3,(H2,29,30)(H,32,33,34). The van der Waals surface area contributed by atoms with Crippen LogP contribution < -0.4 is 15.8 Å². The second-order valence-corrected chi connectivity index (χ2v) is 8.58. The summed E-state index contributed by atoms with van der Waals surface area (Å²) in [6, 6.07) is 7.05. The van der Waals surface area contributed by atoms with E-state index in [0.717, 1.165) is 13.1 Å². The van der Waals surface area contributed by atoms with Crippen LogP contribution in [0.2, 0.25) is 0 Å². The number of anilines is 3. The molecule has 5 rings (SSSR count). The van der Waals surface area contributed by atoms with Crippen molar-refractivity contribution in [1.82, 2.24) is 29.6 Å². The van der Waals surface area contributed by atoms with Crippen LogP contribution in [0.25, 0.3) is 22.5 Å². The van der Waals surface area contributed by atoms with Crippen molar-refractivity contribution < 1.29 is 22.6 Å². The monoisotopic (exact) mass is 526 g/mol. The largest absolute Gasteiger partial charge is 0.487 e. The van der Waals surface area contributed by atoms with Crippen LogP contribution in [0.4, 0.5) is 30.6 Å². The van der Waals surface area contributed by atoms with Crippen LogP contribution in [0.15, 0.2) is 42.7 Å². The lowest BCUT2D eigenvalue weighted by molar-refractivity contribution is 0.0320. The highest BCUT2D eigenvalue weighted by molar-refractivity contribution is 5.70. The summed E-state index contributed by atoms with van der Waals surface area (Å²) in [7, 11) is 1.65. The molecule has 4 heterocycles. The smallest absolute Gasteiger partial charge is 0.255 e.